The maximum absolute atomic E-state index is 14.4. The van der Waals surface area contributed by atoms with E-state index < -0.39 is 12.0 Å². The lowest BCUT2D eigenvalue weighted by molar-refractivity contribution is -0.138. The van der Waals surface area contributed by atoms with Gasteiger partial charge < -0.3 is 14.2 Å². The Balaban J connectivity index is 1.52. The number of hydrogen-bond donors (Lipinski definition) is 0. The number of thiazole rings is 1. The van der Waals surface area contributed by atoms with Crippen LogP contribution in [-0.2, 0) is 16.1 Å². The highest BCUT2D eigenvalue weighted by Gasteiger charge is 2.35. The van der Waals surface area contributed by atoms with E-state index in [0.717, 1.165) is 15.6 Å². The molecule has 0 bridgehead atoms. The molecule has 0 saturated heterocycles. The number of ether oxygens (including phenoxy) is 3. The average Bonchev–Trinajstić information content (AvgIpc) is 3.39. The predicted molar refractivity (Wildman–Crippen MR) is 189 cm³/mol. The fourth-order valence-corrected chi connectivity index (χ4v) is 6.75. The van der Waals surface area contributed by atoms with Crippen LogP contribution in [0.2, 0.25) is 5.02 Å². The first-order valence-corrected chi connectivity index (χ1v) is 17.0. The molecule has 0 N–H and O–H groups in total. The second kappa shape index (κ2) is 14.5. The summed E-state index contributed by atoms with van der Waals surface area (Å²) in [6.45, 7) is 4.68. The molecule has 1 atom stereocenters. The predicted octanol–water partition coefficient (Wildman–Crippen LogP) is 7.33. The van der Waals surface area contributed by atoms with Crippen molar-refractivity contribution in [3.05, 3.63) is 154 Å². The molecule has 238 valence electrons. The van der Waals surface area contributed by atoms with Gasteiger partial charge >= 0.3 is 5.97 Å². The molecule has 7 nitrogen and oxygen atoms in total. The van der Waals surface area contributed by atoms with E-state index in [0.29, 0.717) is 55.9 Å². The summed E-state index contributed by atoms with van der Waals surface area (Å²) in [5.41, 5.74) is 3.52. The van der Waals surface area contributed by atoms with Crippen LogP contribution in [0, 0.1) is 0 Å². The van der Waals surface area contributed by atoms with Crippen molar-refractivity contribution >= 4 is 56.6 Å². The van der Waals surface area contributed by atoms with Crippen molar-refractivity contribution in [2.45, 2.75) is 26.5 Å². The number of benzene rings is 4. The number of rotatable bonds is 10. The highest BCUT2D eigenvalue weighted by Crippen LogP contribution is 2.36. The first-order chi connectivity index (χ1) is 22.9. The van der Waals surface area contributed by atoms with Crippen LogP contribution < -0.4 is 24.4 Å². The van der Waals surface area contributed by atoms with Gasteiger partial charge in [-0.05, 0) is 73.5 Å². The maximum Gasteiger partial charge on any atom is 0.338 e. The summed E-state index contributed by atoms with van der Waals surface area (Å²) in [7, 11) is 0. The Morgan fingerprint density at radius 1 is 0.957 bits per heavy atom. The molecule has 0 unspecified atom stereocenters. The molecule has 0 aliphatic carbocycles. The summed E-state index contributed by atoms with van der Waals surface area (Å²) >= 11 is 11.1. The molecule has 0 fully saturated rings. The molecule has 6 rings (SSSR count). The van der Waals surface area contributed by atoms with Crippen molar-refractivity contribution < 1.29 is 19.0 Å². The van der Waals surface area contributed by atoms with Crippen molar-refractivity contribution in [2.24, 2.45) is 4.99 Å². The van der Waals surface area contributed by atoms with Crippen LogP contribution in [0.3, 0.4) is 0 Å². The lowest BCUT2D eigenvalue weighted by Crippen LogP contribution is -2.40. The molecule has 4 aromatic carbocycles. The highest BCUT2D eigenvalue weighted by atomic mass is 79.9. The molecule has 1 aliphatic rings. The number of esters is 1. The number of carbonyl (C=O) groups excluding carboxylic acids is 1. The van der Waals surface area contributed by atoms with Crippen LogP contribution in [0.5, 0.6) is 11.5 Å². The van der Waals surface area contributed by atoms with Crippen molar-refractivity contribution in [3.8, 4) is 11.5 Å². The summed E-state index contributed by atoms with van der Waals surface area (Å²) in [4.78, 5) is 33.5. The standard InChI is InChI=1S/C37H30BrClN2O5S/c1-3-44-29-17-12-25(13-18-29)34-32(36(43)45-4-2)33(24-8-6-5-7-9-24)40-37-41(34)35(42)31(47-37)21-26-20-28(39)16-19-30(26)46-22-23-10-14-27(38)15-11-23/h5-21,34H,3-4,22H2,1-2H3/b31-21-/t34-/m0/s1. The van der Waals surface area contributed by atoms with Gasteiger partial charge in [0.2, 0.25) is 0 Å². The van der Waals surface area contributed by atoms with Gasteiger partial charge in [-0.1, -0.05) is 93.5 Å². The van der Waals surface area contributed by atoms with Crippen LogP contribution in [0.15, 0.2) is 117 Å². The molecule has 0 saturated carbocycles. The lowest BCUT2D eigenvalue weighted by Gasteiger charge is -2.26. The molecule has 0 amide bonds. The zero-order chi connectivity index (χ0) is 32.9. The summed E-state index contributed by atoms with van der Waals surface area (Å²) in [5, 5.41) is 0.503. The molecule has 5 aromatic rings. The molecular weight excluding hydrogens is 700 g/mol. The molecule has 47 heavy (non-hydrogen) atoms. The third-order valence-corrected chi connectivity index (χ3v) is 9.19. The van der Waals surface area contributed by atoms with Gasteiger partial charge in [0.15, 0.2) is 4.80 Å². The Kier molecular flexibility index (Phi) is 10.1. The topological polar surface area (TPSA) is 79.1 Å². The fraction of sp³-hybridized carbons (Fsp3) is 0.162. The van der Waals surface area contributed by atoms with Crippen LogP contribution >= 0.6 is 38.9 Å². The van der Waals surface area contributed by atoms with E-state index in [1.807, 2.05) is 85.8 Å². The maximum atomic E-state index is 14.4. The number of carbonyl (C=O) groups is 1. The largest absolute Gasteiger partial charge is 0.494 e. The number of fused-ring (bicyclic) bond motifs is 1. The molecule has 1 aromatic heterocycles. The number of nitrogens with zero attached hydrogens (tertiary/aromatic N) is 2. The smallest absolute Gasteiger partial charge is 0.338 e. The van der Waals surface area contributed by atoms with Gasteiger partial charge in [0.1, 0.15) is 18.1 Å². The van der Waals surface area contributed by atoms with Gasteiger partial charge in [0.05, 0.1) is 35.1 Å². The normalized spacial score (nSPS) is 14.4. The monoisotopic (exact) mass is 728 g/mol. The average molecular weight is 730 g/mol. The van der Waals surface area contributed by atoms with E-state index in [1.165, 1.54) is 11.3 Å². The Hall–Kier alpha value is -4.44. The van der Waals surface area contributed by atoms with E-state index in [9.17, 15) is 9.59 Å². The van der Waals surface area contributed by atoms with E-state index >= 15 is 0 Å². The molecule has 1 aliphatic heterocycles. The van der Waals surface area contributed by atoms with Gasteiger partial charge in [0.25, 0.3) is 5.56 Å². The van der Waals surface area contributed by atoms with Gasteiger partial charge in [0, 0.05) is 20.6 Å². The van der Waals surface area contributed by atoms with Crippen LogP contribution in [-0.4, -0.2) is 23.8 Å². The van der Waals surface area contributed by atoms with Crippen LogP contribution in [0.25, 0.3) is 11.8 Å². The number of hydrogen-bond acceptors (Lipinski definition) is 7. The van der Waals surface area contributed by atoms with Gasteiger partial charge in [-0.2, -0.15) is 0 Å². The minimum Gasteiger partial charge on any atom is -0.494 e. The van der Waals surface area contributed by atoms with Crippen LogP contribution in [0.4, 0.5) is 0 Å². The third-order valence-electron chi connectivity index (χ3n) is 7.45. The zero-order valence-corrected chi connectivity index (χ0v) is 28.8. The quantitative estimate of drug-likeness (QED) is 0.141. The van der Waals surface area contributed by atoms with Gasteiger partial charge in [-0.15, -0.1) is 0 Å². The minimum atomic E-state index is -0.800. The summed E-state index contributed by atoms with van der Waals surface area (Å²) < 4.78 is 20.4. The van der Waals surface area contributed by atoms with E-state index in [-0.39, 0.29) is 17.7 Å². The lowest BCUT2D eigenvalue weighted by atomic mass is 9.93. The van der Waals surface area contributed by atoms with E-state index in [4.69, 9.17) is 30.8 Å². The van der Waals surface area contributed by atoms with E-state index in [2.05, 4.69) is 15.9 Å². The first-order valence-electron chi connectivity index (χ1n) is 15.0. The van der Waals surface area contributed by atoms with Gasteiger partial charge in [-0.3, -0.25) is 9.36 Å². The van der Waals surface area contributed by atoms with Crippen LogP contribution in [0.1, 0.15) is 42.1 Å². The van der Waals surface area contributed by atoms with Crippen molar-refractivity contribution in [1.29, 1.82) is 0 Å². The third kappa shape index (κ3) is 7.12. The van der Waals surface area contributed by atoms with Crippen molar-refractivity contribution in [2.75, 3.05) is 13.2 Å². The molecular formula is C37H30BrClN2O5S. The summed E-state index contributed by atoms with van der Waals surface area (Å²) in [6, 6.07) is 29.2. The summed E-state index contributed by atoms with van der Waals surface area (Å²) in [6.07, 6.45) is 1.76. The Labute approximate surface area is 289 Å². The minimum absolute atomic E-state index is 0.169. The summed E-state index contributed by atoms with van der Waals surface area (Å²) in [5.74, 6) is 0.718. The number of halogens is 2. The molecule has 0 radical (unpaired) electrons. The van der Waals surface area contributed by atoms with E-state index in [1.54, 1.807) is 35.8 Å². The van der Waals surface area contributed by atoms with Crippen molar-refractivity contribution in [3.63, 3.8) is 0 Å². The second-order valence-electron chi connectivity index (χ2n) is 10.5. The fourth-order valence-electron chi connectivity index (χ4n) is 5.32. The Morgan fingerprint density at radius 2 is 1.70 bits per heavy atom. The first kappa shape index (κ1) is 32.5. The Bertz CT molecular complexity index is 2130. The molecule has 10 heteroatoms. The molecule has 2 heterocycles. The molecule has 0 spiro atoms. The van der Waals surface area contributed by atoms with Gasteiger partial charge in [-0.25, -0.2) is 9.79 Å². The Morgan fingerprint density at radius 3 is 2.40 bits per heavy atom. The zero-order valence-electron chi connectivity index (χ0n) is 25.6. The second-order valence-corrected chi connectivity index (χ2v) is 12.9. The number of aromatic nitrogens is 1. The highest BCUT2D eigenvalue weighted by molar-refractivity contribution is 9.10. The SMILES string of the molecule is CCOC(=O)C1=C(c2ccccc2)N=c2s/c(=C\c3cc(Cl)ccc3OCc3ccc(Br)cc3)c(=O)n2[C@H]1c1ccc(OCC)cc1. The van der Waals surface area contributed by atoms with Crippen molar-refractivity contribution in [1.82, 2.24) is 4.57 Å².